The zero-order chi connectivity index (χ0) is 14.4. The number of benzene rings is 1. The molecule has 0 bridgehead atoms. The molecule has 0 amide bonds. The summed E-state index contributed by atoms with van der Waals surface area (Å²) in [5, 5.41) is 3.59. The topological polar surface area (TPSA) is 18.5 Å². The Morgan fingerprint density at radius 2 is 1.70 bits per heavy atom. The number of rotatable bonds is 6. The van der Waals surface area contributed by atoms with E-state index in [1.54, 1.807) is 0 Å². The van der Waals surface area contributed by atoms with Crippen molar-refractivity contribution in [3.63, 3.8) is 0 Å². The Morgan fingerprint density at radius 3 is 2.25 bits per heavy atom. The van der Waals surface area contributed by atoms with Crippen molar-refractivity contribution in [1.29, 1.82) is 0 Å². The Hall–Kier alpha value is -1.22. The van der Waals surface area contributed by atoms with Crippen LogP contribution in [0.1, 0.15) is 26.7 Å². The maximum absolute atomic E-state index is 3.59. The first kappa shape index (κ1) is 15.2. The molecule has 1 aliphatic heterocycles. The second kappa shape index (κ2) is 7.53. The predicted octanol–water partition coefficient (Wildman–Crippen LogP) is 3.29. The summed E-state index contributed by atoms with van der Waals surface area (Å²) in [6.45, 7) is 10.1. The highest BCUT2D eigenvalue weighted by Crippen LogP contribution is 2.20. The molecule has 1 heterocycles. The third-order valence-corrected chi connectivity index (χ3v) is 4.43. The molecule has 0 saturated carbocycles. The second-order valence-corrected chi connectivity index (χ2v) is 5.85. The van der Waals surface area contributed by atoms with Crippen molar-refractivity contribution in [3.8, 4) is 0 Å². The molecule has 3 heteroatoms. The molecule has 0 radical (unpaired) electrons. The van der Waals surface area contributed by atoms with Crippen molar-refractivity contribution in [2.24, 2.45) is 5.92 Å². The van der Waals surface area contributed by atoms with Crippen LogP contribution in [0.15, 0.2) is 24.3 Å². The molecule has 1 aromatic carbocycles. The van der Waals surface area contributed by atoms with E-state index in [4.69, 9.17) is 0 Å². The Morgan fingerprint density at radius 1 is 1.10 bits per heavy atom. The largest absolute Gasteiger partial charge is 0.385 e. The fourth-order valence-electron chi connectivity index (χ4n) is 2.91. The minimum absolute atomic E-state index is 0.827. The lowest BCUT2D eigenvalue weighted by Gasteiger charge is -2.29. The highest BCUT2D eigenvalue weighted by molar-refractivity contribution is 5.55. The molecule has 3 nitrogen and oxygen atoms in total. The first-order valence-electron chi connectivity index (χ1n) is 8.00. The fourth-order valence-corrected chi connectivity index (χ4v) is 2.91. The summed E-state index contributed by atoms with van der Waals surface area (Å²) in [5.41, 5.74) is 2.57. The van der Waals surface area contributed by atoms with E-state index >= 15 is 0 Å². The standard InChI is InChI=1S/C17H29N3/c1-4-20(5-2)17-8-6-16(7-9-17)18-14-15-10-12-19(3)13-11-15/h6-9,15,18H,4-5,10-14H2,1-3H3. The summed E-state index contributed by atoms with van der Waals surface area (Å²) in [7, 11) is 2.22. The second-order valence-electron chi connectivity index (χ2n) is 5.85. The van der Waals surface area contributed by atoms with Gasteiger partial charge in [-0.1, -0.05) is 0 Å². The zero-order valence-corrected chi connectivity index (χ0v) is 13.2. The summed E-state index contributed by atoms with van der Waals surface area (Å²) < 4.78 is 0. The first-order valence-corrected chi connectivity index (χ1v) is 8.00. The average molecular weight is 275 g/mol. The number of piperidine rings is 1. The van der Waals surface area contributed by atoms with E-state index in [0.29, 0.717) is 0 Å². The molecule has 20 heavy (non-hydrogen) atoms. The summed E-state index contributed by atoms with van der Waals surface area (Å²) in [6.07, 6.45) is 2.64. The Balaban J connectivity index is 1.81. The molecular weight excluding hydrogens is 246 g/mol. The van der Waals surface area contributed by atoms with E-state index in [1.165, 1.54) is 37.3 Å². The number of hydrogen-bond acceptors (Lipinski definition) is 3. The van der Waals surface area contributed by atoms with Crippen molar-refractivity contribution < 1.29 is 0 Å². The maximum Gasteiger partial charge on any atom is 0.0367 e. The molecule has 0 unspecified atom stereocenters. The van der Waals surface area contributed by atoms with Crippen LogP contribution in [0.4, 0.5) is 11.4 Å². The summed E-state index contributed by atoms with van der Waals surface area (Å²) in [5.74, 6) is 0.827. The van der Waals surface area contributed by atoms with Gasteiger partial charge in [-0.2, -0.15) is 0 Å². The maximum atomic E-state index is 3.59. The molecule has 0 aliphatic carbocycles. The number of nitrogens with zero attached hydrogens (tertiary/aromatic N) is 2. The van der Waals surface area contributed by atoms with Crippen LogP contribution in [0.2, 0.25) is 0 Å². The number of hydrogen-bond donors (Lipinski definition) is 1. The van der Waals surface area contributed by atoms with Gasteiger partial charge in [-0.15, -0.1) is 0 Å². The van der Waals surface area contributed by atoms with Crippen LogP contribution in [-0.4, -0.2) is 44.7 Å². The van der Waals surface area contributed by atoms with Crippen LogP contribution < -0.4 is 10.2 Å². The molecule has 0 aromatic heterocycles. The van der Waals surface area contributed by atoms with Crippen LogP contribution in [0, 0.1) is 5.92 Å². The predicted molar refractivity (Wildman–Crippen MR) is 88.7 cm³/mol. The van der Waals surface area contributed by atoms with Gasteiger partial charge in [0, 0.05) is 31.0 Å². The first-order chi connectivity index (χ1) is 9.72. The van der Waals surface area contributed by atoms with Crippen LogP contribution in [0.5, 0.6) is 0 Å². The van der Waals surface area contributed by atoms with Crippen LogP contribution in [-0.2, 0) is 0 Å². The third kappa shape index (κ3) is 4.14. The van der Waals surface area contributed by atoms with Crippen molar-refractivity contribution in [2.75, 3.05) is 50.0 Å². The van der Waals surface area contributed by atoms with Crippen LogP contribution >= 0.6 is 0 Å². The van der Waals surface area contributed by atoms with Gasteiger partial charge in [0.25, 0.3) is 0 Å². The SMILES string of the molecule is CCN(CC)c1ccc(NCC2CCN(C)CC2)cc1. The number of nitrogens with one attached hydrogen (secondary N) is 1. The molecule has 112 valence electrons. The molecule has 2 rings (SSSR count). The highest BCUT2D eigenvalue weighted by atomic mass is 15.1. The summed E-state index contributed by atoms with van der Waals surface area (Å²) >= 11 is 0. The summed E-state index contributed by atoms with van der Waals surface area (Å²) in [6, 6.07) is 8.87. The van der Waals surface area contributed by atoms with E-state index in [1.807, 2.05) is 0 Å². The van der Waals surface area contributed by atoms with Gasteiger partial charge >= 0.3 is 0 Å². The molecule has 1 saturated heterocycles. The molecule has 0 atom stereocenters. The zero-order valence-electron chi connectivity index (χ0n) is 13.2. The fraction of sp³-hybridized carbons (Fsp3) is 0.647. The van der Waals surface area contributed by atoms with Gasteiger partial charge in [-0.25, -0.2) is 0 Å². The van der Waals surface area contributed by atoms with E-state index < -0.39 is 0 Å². The monoisotopic (exact) mass is 275 g/mol. The highest BCUT2D eigenvalue weighted by Gasteiger charge is 2.16. The van der Waals surface area contributed by atoms with Crippen molar-refractivity contribution in [2.45, 2.75) is 26.7 Å². The van der Waals surface area contributed by atoms with Crippen LogP contribution in [0.25, 0.3) is 0 Å². The molecule has 0 spiro atoms. The molecule has 1 aliphatic rings. The summed E-state index contributed by atoms with van der Waals surface area (Å²) in [4.78, 5) is 4.80. The molecular formula is C17H29N3. The average Bonchev–Trinajstić information content (AvgIpc) is 2.49. The van der Waals surface area contributed by atoms with E-state index in [9.17, 15) is 0 Å². The number of likely N-dealkylation sites (tertiary alicyclic amines) is 1. The van der Waals surface area contributed by atoms with Crippen molar-refractivity contribution in [3.05, 3.63) is 24.3 Å². The van der Waals surface area contributed by atoms with E-state index in [-0.39, 0.29) is 0 Å². The smallest absolute Gasteiger partial charge is 0.0367 e. The Bertz CT molecular complexity index is 376. The van der Waals surface area contributed by atoms with E-state index in [0.717, 1.165) is 25.6 Å². The lowest BCUT2D eigenvalue weighted by Crippen LogP contribution is -2.32. The van der Waals surface area contributed by atoms with Gasteiger partial charge in [0.15, 0.2) is 0 Å². The minimum atomic E-state index is 0.827. The van der Waals surface area contributed by atoms with Gasteiger partial charge in [0.2, 0.25) is 0 Å². The Kier molecular flexibility index (Phi) is 5.72. The van der Waals surface area contributed by atoms with Crippen molar-refractivity contribution in [1.82, 2.24) is 4.90 Å². The third-order valence-electron chi connectivity index (χ3n) is 4.43. The van der Waals surface area contributed by atoms with Gasteiger partial charge in [0.1, 0.15) is 0 Å². The van der Waals surface area contributed by atoms with Gasteiger partial charge in [-0.3, -0.25) is 0 Å². The normalized spacial score (nSPS) is 17.1. The number of anilines is 2. The molecule has 1 fully saturated rings. The van der Waals surface area contributed by atoms with Gasteiger partial charge in [-0.05, 0) is 77.0 Å². The quantitative estimate of drug-likeness (QED) is 0.859. The van der Waals surface area contributed by atoms with Gasteiger partial charge < -0.3 is 15.1 Å². The van der Waals surface area contributed by atoms with Crippen LogP contribution in [0.3, 0.4) is 0 Å². The van der Waals surface area contributed by atoms with E-state index in [2.05, 4.69) is 60.3 Å². The Labute approximate surface area is 124 Å². The lowest BCUT2D eigenvalue weighted by molar-refractivity contribution is 0.226. The van der Waals surface area contributed by atoms with Crippen molar-refractivity contribution >= 4 is 11.4 Å². The lowest BCUT2D eigenvalue weighted by atomic mass is 9.97. The molecule has 1 N–H and O–H groups in total. The minimum Gasteiger partial charge on any atom is -0.385 e. The molecule has 1 aromatic rings. The van der Waals surface area contributed by atoms with Gasteiger partial charge in [0.05, 0.1) is 0 Å².